The standard InChI is InChI=1S/C16H23ClO3/c1-15(2)9-14(16(3,4)20-15)19-12-7-6-11(10-17)8-13(12)18-5/h6-8,14H,9-10H2,1-5H3. The molecule has 20 heavy (non-hydrogen) atoms. The fourth-order valence-corrected chi connectivity index (χ4v) is 2.91. The van der Waals surface area contributed by atoms with Gasteiger partial charge in [-0.05, 0) is 45.4 Å². The highest BCUT2D eigenvalue weighted by atomic mass is 35.5. The van der Waals surface area contributed by atoms with Gasteiger partial charge in [-0.3, -0.25) is 0 Å². The smallest absolute Gasteiger partial charge is 0.161 e. The molecule has 1 saturated heterocycles. The van der Waals surface area contributed by atoms with Crippen LogP contribution < -0.4 is 9.47 Å². The third-order valence-electron chi connectivity index (χ3n) is 3.64. The molecule has 0 saturated carbocycles. The molecule has 0 aromatic heterocycles. The van der Waals surface area contributed by atoms with Crippen LogP contribution in [-0.2, 0) is 10.6 Å². The highest BCUT2D eigenvalue weighted by molar-refractivity contribution is 6.17. The molecule has 1 heterocycles. The first-order valence-corrected chi connectivity index (χ1v) is 7.40. The fourth-order valence-electron chi connectivity index (χ4n) is 2.74. The molecule has 1 atom stereocenters. The second-order valence-corrected chi connectivity index (χ2v) is 6.66. The van der Waals surface area contributed by atoms with E-state index in [4.69, 9.17) is 25.8 Å². The van der Waals surface area contributed by atoms with Crippen molar-refractivity contribution in [3.05, 3.63) is 23.8 Å². The summed E-state index contributed by atoms with van der Waals surface area (Å²) in [7, 11) is 1.64. The third-order valence-corrected chi connectivity index (χ3v) is 3.95. The Bertz CT molecular complexity index is 483. The maximum atomic E-state index is 6.15. The van der Waals surface area contributed by atoms with E-state index in [1.807, 2.05) is 18.2 Å². The Kier molecular flexibility index (Phi) is 4.22. The number of alkyl halides is 1. The van der Waals surface area contributed by atoms with Crippen molar-refractivity contribution in [3.63, 3.8) is 0 Å². The lowest BCUT2D eigenvalue weighted by Crippen LogP contribution is -2.36. The Balaban J connectivity index is 2.22. The van der Waals surface area contributed by atoms with Gasteiger partial charge in [-0.25, -0.2) is 0 Å². The molecule has 1 aromatic rings. The van der Waals surface area contributed by atoms with Crippen LogP contribution in [0, 0.1) is 0 Å². The average molecular weight is 299 g/mol. The van der Waals surface area contributed by atoms with Crippen LogP contribution in [0.4, 0.5) is 0 Å². The van der Waals surface area contributed by atoms with Gasteiger partial charge in [0.15, 0.2) is 11.5 Å². The van der Waals surface area contributed by atoms with E-state index >= 15 is 0 Å². The van der Waals surface area contributed by atoms with E-state index in [0.29, 0.717) is 11.6 Å². The van der Waals surface area contributed by atoms with Gasteiger partial charge in [0.25, 0.3) is 0 Å². The lowest BCUT2D eigenvalue weighted by molar-refractivity contribution is -0.0847. The highest BCUT2D eigenvalue weighted by Gasteiger charge is 2.47. The number of rotatable bonds is 4. The van der Waals surface area contributed by atoms with Crippen LogP contribution in [0.5, 0.6) is 11.5 Å². The molecule has 1 fully saturated rings. The topological polar surface area (TPSA) is 27.7 Å². The second-order valence-electron chi connectivity index (χ2n) is 6.39. The van der Waals surface area contributed by atoms with Crippen LogP contribution in [-0.4, -0.2) is 24.4 Å². The molecule has 1 aliphatic rings. The van der Waals surface area contributed by atoms with Crippen LogP contribution in [0.25, 0.3) is 0 Å². The summed E-state index contributed by atoms with van der Waals surface area (Å²) in [6.07, 6.45) is 0.841. The van der Waals surface area contributed by atoms with Gasteiger partial charge < -0.3 is 14.2 Å². The zero-order valence-electron chi connectivity index (χ0n) is 12.8. The number of benzene rings is 1. The summed E-state index contributed by atoms with van der Waals surface area (Å²) in [4.78, 5) is 0. The minimum atomic E-state index is -0.320. The first-order valence-electron chi connectivity index (χ1n) is 6.87. The normalized spacial score (nSPS) is 23.6. The quantitative estimate of drug-likeness (QED) is 0.781. The van der Waals surface area contributed by atoms with Crippen molar-refractivity contribution in [3.8, 4) is 11.5 Å². The van der Waals surface area contributed by atoms with E-state index in [2.05, 4.69) is 27.7 Å². The Morgan fingerprint density at radius 3 is 2.45 bits per heavy atom. The Hall–Kier alpha value is -0.930. The number of halogens is 1. The molecule has 0 spiro atoms. The van der Waals surface area contributed by atoms with Gasteiger partial charge in [-0.1, -0.05) is 6.07 Å². The van der Waals surface area contributed by atoms with Gasteiger partial charge >= 0.3 is 0 Å². The van der Waals surface area contributed by atoms with Crippen molar-refractivity contribution in [2.45, 2.75) is 57.3 Å². The van der Waals surface area contributed by atoms with Crippen molar-refractivity contribution in [1.29, 1.82) is 0 Å². The fraction of sp³-hybridized carbons (Fsp3) is 0.625. The molecule has 1 aliphatic heterocycles. The largest absolute Gasteiger partial charge is 0.493 e. The van der Waals surface area contributed by atoms with Crippen molar-refractivity contribution in [2.24, 2.45) is 0 Å². The summed E-state index contributed by atoms with van der Waals surface area (Å²) in [5, 5.41) is 0. The van der Waals surface area contributed by atoms with Crippen molar-refractivity contribution >= 4 is 11.6 Å². The Labute approximate surface area is 126 Å². The predicted molar refractivity (Wildman–Crippen MR) is 80.8 cm³/mol. The molecule has 0 radical (unpaired) electrons. The molecule has 2 rings (SSSR count). The molecule has 4 heteroatoms. The van der Waals surface area contributed by atoms with Crippen LogP contribution >= 0.6 is 11.6 Å². The van der Waals surface area contributed by atoms with Crippen molar-refractivity contribution in [1.82, 2.24) is 0 Å². The summed E-state index contributed by atoms with van der Waals surface area (Å²) in [5.74, 6) is 1.91. The van der Waals surface area contributed by atoms with Gasteiger partial charge in [0.1, 0.15) is 11.7 Å². The van der Waals surface area contributed by atoms with E-state index in [0.717, 1.165) is 17.7 Å². The van der Waals surface area contributed by atoms with Crippen LogP contribution in [0.2, 0.25) is 0 Å². The summed E-state index contributed by atoms with van der Waals surface area (Å²) >= 11 is 5.84. The van der Waals surface area contributed by atoms with Gasteiger partial charge in [0.2, 0.25) is 0 Å². The SMILES string of the molecule is COc1cc(CCl)ccc1OC1CC(C)(C)OC1(C)C. The second kappa shape index (κ2) is 5.45. The zero-order valence-corrected chi connectivity index (χ0v) is 13.6. The van der Waals surface area contributed by atoms with Gasteiger partial charge in [-0.2, -0.15) is 0 Å². The molecule has 1 aromatic carbocycles. The maximum Gasteiger partial charge on any atom is 0.161 e. The molecule has 0 amide bonds. The summed E-state index contributed by atoms with van der Waals surface area (Å²) < 4.78 is 17.6. The van der Waals surface area contributed by atoms with Crippen molar-refractivity contribution < 1.29 is 14.2 Å². The Morgan fingerprint density at radius 2 is 1.95 bits per heavy atom. The minimum Gasteiger partial charge on any atom is -0.493 e. The molecule has 0 bridgehead atoms. The molecule has 1 unspecified atom stereocenters. The summed E-state index contributed by atoms with van der Waals surface area (Å²) in [6.45, 7) is 8.30. The number of hydrogen-bond acceptors (Lipinski definition) is 3. The van der Waals surface area contributed by atoms with E-state index in [1.165, 1.54) is 0 Å². The van der Waals surface area contributed by atoms with E-state index < -0.39 is 0 Å². The van der Waals surface area contributed by atoms with Gasteiger partial charge in [-0.15, -0.1) is 11.6 Å². The van der Waals surface area contributed by atoms with Crippen LogP contribution in [0.1, 0.15) is 39.7 Å². The monoisotopic (exact) mass is 298 g/mol. The molecule has 3 nitrogen and oxygen atoms in total. The minimum absolute atomic E-state index is 0.00625. The lowest BCUT2D eigenvalue weighted by Gasteiger charge is -2.28. The highest BCUT2D eigenvalue weighted by Crippen LogP contribution is 2.41. The van der Waals surface area contributed by atoms with E-state index in [1.54, 1.807) is 7.11 Å². The Morgan fingerprint density at radius 1 is 1.25 bits per heavy atom. The maximum absolute atomic E-state index is 6.15. The summed E-state index contributed by atoms with van der Waals surface area (Å²) in [5.41, 5.74) is 0.523. The number of ether oxygens (including phenoxy) is 3. The summed E-state index contributed by atoms with van der Waals surface area (Å²) in [6, 6.07) is 5.78. The predicted octanol–water partition coefficient (Wildman–Crippen LogP) is 4.16. The van der Waals surface area contributed by atoms with E-state index in [9.17, 15) is 0 Å². The number of hydrogen-bond donors (Lipinski definition) is 0. The average Bonchev–Trinajstić information content (AvgIpc) is 2.57. The number of methoxy groups -OCH3 is 1. The third kappa shape index (κ3) is 3.21. The molecule has 0 aliphatic carbocycles. The molecule has 112 valence electrons. The van der Waals surface area contributed by atoms with Gasteiger partial charge in [0.05, 0.1) is 12.7 Å². The first-order chi connectivity index (χ1) is 9.27. The molecular formula is C16H23ClO3. The van der Waals surface area contributed by atoms with Gasteiger partial charge in [0, 0.05) is 12.3 Å². The molecular weight excluding hydrogens is 276 g/mol. The van der Waals surface area contributed by atoms with Crippen molar-refractivity contribution in [2.75, 3.05) is 7.11 Å². The van der Waals surface area contributed by atoms with E-state index in [-0.39, 0.29) is 17.3 Å². The molecule has 0 N–H and O–H groups in total. The first kappa shape index (κ1) is 15.5. The zero-order chi connectivity index (χ0) is 15.0. The van der Waals surface area contributed by atoms with Crippen LogP contribution in [0.3, 0.4) is 0 Å². The lowest BCUT2D eigenvalue weighted by atomic mass is 9.97. The van der Waals surface area contributed by atoms with Crippen LogP contribution in [0.15, 0.2) is 18.2 Å².